The molecule has 1 atom stereocenters. The summed E-state index contributed by atoms with van der Waals surface area (Å²) >= 11 is 0. The van der Waals surface area contributed by atoms with Crippen molar-refractivity contribution < 1.29 is 27.8 Å². The normalized spacial score (nSPS) is 16.9. The first kappa shape index (κ1) is 31.5. The van der Waals surface area contributed by atoms with E-state index >= 15 is 0 Å². The molecule has 1 aliphatic heterocycles. The van der Waals surface area contributed by atoms with Crippen LogP contribution in [-0.4, -0.2) is 75.1 Å². The number of fused-ring (bicyclic) bond motifs is 2. The van der Waals surface area contributed by atoms with Crippen LogP contribution in [0.1, 0.15) is 61.1 Å². The van der Waals surface area contributed by atoms with E-state index in [0.29, 0.717) is 48.5 Å². The zero-order chi connectivity index (χ0) is 31.6. The maximum absolute atomic E-state index is 14.0. The number of carboxylic acid groups (broad SMARTS) is 1. The van der Waals surface area contributed by atoms with Gasteiger partial charge in [0, 0.05) is 50.2 Å². The molecule has 1 N–H and O–H groups in total. The Morgan fingerprint density at radius 3 is 2.68 bits per heavy atom. The summed E-state index contributed by atoms with van der Waals surface area (Å²) < 4.78 is 42.5. The molecule has 0 saturated carbocycles. The number of hydrogen-bond acceptors (Lipinski definition) is 9. The summed E-state index contributed by atoms with van der Waals surface area (Å²) in [5.74, 6) is -1.56. The minimum absolute atomic E-state index is 0.0161. The van der Waals surface area contributed by atoms with E-state index in [4.69, 9.17) is 9.47 Å². The van der Waals surface area contributed by atoms with E-state index in [9.17, 15) is 18.3 Å². The summed E-state index contributed by atoms with van der Waals surface area (Å²) in [6, 6.07) is 8.79. The van der Waals surface area contributed by atoms with E-state index in [1.165, 1.54) is 16.6 Å². The lowest BCUT2D eigenvalue weighted by molar-refractivity contribution is -0.147. The van der Waals surface area contributed by atoms with Crippen LogP contribution in [0.5, 0.6) is 5.88 Å². The van der Waals surface area contributed by atoms with Crippen LogP contribution in [0.15, 0.2) is 47.6 Å². The molecular formula is C31H38N6O6S. The number of nitrogens with zero attached hydrogens (tertiary/aromatic N) is 6. The van der Waals surface area contributed by atoms with Crippen molar-refractivity contribution in [2.24, 2.45) is 5.41 Å². The molecule has 1 unspecified atom stereocenters. The average Bonchev–Trinajstić information content (AvgIpc) is 3.41. The van der Waals surface area contributed by atoms with Crippen LogP contribution in [0.25, 0.3) is 11.0 Å². The molecule has 0 spiro atoms. The highest BCUT2D eigenvalue weighted by molar-refractivity contribution is 7.89. The van der Waals surface area contributed by atoms with Crippen molar-refractivity contribution >= 4 is 27.0 Å². The molecule has 13 heteroatoms. The van der Waals surface area contributed by atoms with E-state index in [1.54, 1.807) is 30.8 Å². The van der Waals surface area contributed by atoms with Gasteiger partial charge in [-0.05, 0) is 81.5 Å². The maximum Gasteiger partial charge on any atom is 0.310 e. The molecule has 0 fully saturated rings. The molecule has 1 aliphatic rings. The molecule has 0 saturated heterocycles. The number of aryl methyl sites for hydroxylation is 3. The standard InChI is InChI=1S/C31H38N6O6S/c1-6-37-25-11-10-24(20(2)28(25)34-35-37)27(31(4,5)30(38)39)22-17-23(21(3)33-18-22)19-36-13-8-14-42-15-16-43-29-26(44(36,40)41)9-7-12-32-29/h7,9-12,17-18,27H,6,8,13-16,19H2,1-5H3,(H,38,39). The largest absolute Gasteiger partial charge is 0.481 e. The molecule has 5 rings (SSSR count). The fraction of sp³-hybridized carbons (Fsp3) is 0.452. The number of rotatable bonds is 7. The Kier molecular flexibility index (Phi) is 9.00. The van der Waals surface area contributed by atoms with Crippen LogP contribution in [0.2, 0.25) is 0 Å². The van der Waals surface area contributed by atoms with E-state index in [0.717, 1.165) is 16.6 Å². The molecule has 1 aromatic carbocycles. The van der Waals surface area contributed by atoms with Crippen LogP contribution in [0.3, 0.4) is 0 Å². The maximum atomic E-state index is 14.0. The summed E-state index contributed by atoms with van der Waals surface area (Å²) in [6.45, 7) is 10.9. The predicted octanol–water partition coefficient (Wildman–Crippen LogP) is 4.09. The molecule has 0 amide bonds. The minimum Gasteiger partial charge on any atom is -0.481 e. The third-order valence-corrected chi connectivity index (χ3v) is 10.1. The van der Waals surface area contributed by atoms with Crippen LogP contribution < -0.4 is 4.74 Å². The number of sulfonamides is 1. The lowest BCUT2D eigenvalue weighted by Crippen LogP contribution is -2.34. The summed E-state index contributed by atoms with van der Waals surface area (Å²) in [7, 11) is -4.02. The zero-order valence-electron chi connectivity index (χ0n) is 25.6. The third-order valence-electron chi connectivity index (χ3n) is 8.28. The molecule has 4 aromatic rings. The lowest BCUT2D eigenvalue weighted by atomic mass is 9.70. The first-order valence-corrected chi connectivity index (χ1v) is 16.1. The van der Waals surface area contributed by atoms with Crippen molar-refractivity contribution in [3.63, 3.8) is 0 Å². The van der Waals surface area contributed by atoms with Crippen molar-refractivity contribution in [2.45, 2.75) is 64.9 Å². The van der Waals surface area contributed by atoms with Gasteiger partial charge < -0.3 is 14.6 Å². The summed E-state index contributed by atoms with van der Waals surface area (Å²) in [4.78, 5) is 21.5. The second kappa shape index (κ2) is 12.6. The average molecular weight is 623 g/mol. The molecular weight excluding hydrogens is 584 g/mol. The number of ether oxygens (including phenoxy) is 2. The number of aromatic nitrogens is 5. The van der Waals surface area contributed by atoms with Gasteiger partial charge in [-0.2, -0.15) is 4.31 Å². The highest BCUT2D eigenvalue weighted by Crippen LogP contribution is 2.44. The number of benzene rings is 1. The Bertz CT molecular complexity index is 1790. The Labute approximate surface area is 257 Å². The topological polar surface area (TPSA) is 150 Å². The third kappa shape index (κ3) is 5.91. The molecule has 44 heavy (non-hydrogen) atoms. The summed E-state index contributed by atoms with van der Waals surface area (Å²) in [6.07, 6.45) is 3.65. The molecule has 4 heterocycles. The first-order chi connectivity index (χ1) is 21.0. The number of carboxylic acids is 1. The Morgan fingerprint density at radius 1 is 1.14 bits per heavy atom. The molecule has 0 bridgehead atoms. The number of carbonyl (C=O) groups is 1. The van der Waals surface area contributed by atoms with Gasteiger partial charge in [-0.15, -0.1) is 5.10 Å². The van der Waals surface area contributed by atoms with Gasteiger partial charge in [0.05, 0.1) is 17.5 Å². The van der Waals surface area contributed by atoms with Gasteiger partial charge in [0.15, 0.2) is 0 Å². The highest BCUT2D eigenvalue weighted by Gasteiger charge is 2.41. The van der Waals surface area contributed by atoms with Crippen molar-refractivity contribution in [1.82, 2.24) is 29.3 Å². The van der Waals surface area contributed by atoms with Gasteiger partial charge in [0.1, 0.15) is 17.0 Å². The predicted molar refractivity (Wildman–Crippen MR) is 163 cm³/mol. The van der Waals surface area contributed by atoms with Crippen LogP contribution >= 0.6 is 0 Å². The van der Waals surface area contributed by atoms with E-state index in [1.807, 2.05) is 39.0 Å². The van der Waals surface area contributed by atoms with Crippen molar-refractivity contribution in [3.8, 4) is 5.88 Å². The van der Waals surface area contributed by atoms with Gasteiger partial charge in [-0.3, -0.25) is 9.78 Å². The minimum atomic E-state index is -4.02. The van der Waals surface area contributed by atoms with Crippen LogP contribution in [0, 0.1) is 19.3 Å². The monoisotopic (exact) mass is 622 g/mol. The zero-order valence-corrected chi connectivity index (χ0v) is 26.5. The smallest absolute Gasteiger partial charge is 0.310 e. The van der Waals surface area contributed by atoms with Crippen LogP contribution in [-0.2, 0) is 32.6 Å². The Hall–Kier alpha value is -3.94. The van der Waals surface area contributed by atoms with Gasteiger partial charge >= 0.3 is 5.97 Å². The van der Waals surface area contributed by atoms with Crippen LogP contribution in [0.4, 0.5) is 0 Å². The molecule has 0 aliphatic carbocycles. The van der Waals surface area contributed by atoms with Gasteiger partial charge in [-0.1, -0.05) is 17.3 Å². The molecule has 3 aromatic heterocycles. The lowest BCUT2D eigenvalue weighted by Gasteiger charge is -2.33. The Morgan fingerprint density at radius 2 is 1.93 bits per heavy atom. The first-order valence-electron chi connectivity index (χ1n) is 14.6. The van der Waals surface area contributed by atoms with Gasteiger partial charge in [-0.25, -0.2) is 18.1 Å². The highest BCUT2D eigenvalue weighted by atomic mass is 32.2. The molecule has 0 radical (unpaired) electrons. The number of aliphatic carboxylic acids is 1. The molecule has 12 nitrogen and oxygen atoms in total. The summed E-state index contributed by atoms with van der Waals surface area (Å²) in [5, 5.41) is 19.0. The van der Waals surface area contributed by atoms with E-state index in [2.05, 4.69) is 20.3 Å². The quantitative estimate of drug-likeness (QED) is 0.319. The van der Waals surface area contributed by atoms with Crippen molar-refractivity contribution in [3.05, 3.63) is 70.7 Å². The fourth-order valence-corrected chi connectivity index (χ4v) is 7.23. The number of hydrogen-bond donors (Lipinski definition) is 1. The van der Waals surface area contributed by atoms with E-state index < -0.39 is 27.3 Å². The second-order valence-electron chi connectivity index (χ2n) is 11.5. The van der Waals surface area contributed by atoms with Crippen molar-refractivity contribution in [2.75, 3.05) is 26.4 Å². The van der Waals surface area contributed by atoms with Gasteiger partial charge in [0.25, 0.3) is 0 Å². The van der Waals surface area contributed by atoms with Gasteiger partial charge in [0.2, 0.25) is 15.9 Å². The van der Waals surface area contributed by atoms with Crippen molar-refractivity contribution in [1.29, 1.82) is 0 Å². The fourth-order valence-electron chi connectivity index (χ4n) is 5.69. The Balaban J connectivity index is 1.60. The second-order valence-corrected chi connectivity index (χ2v) is 13.4. The van der Waals surface area contributed by atoms with E-state index in [-0.39, 0.29) is 30.5 Å². The number of pyridine rings is 2. The SMILES string of the molecule is CCn1nnc2c(C)c(C(c3cnc(C)c(CN4CCCOCCOc5ncccc5S4(=O)=O)c3)C(C)(C)C(=O)O)ccc21. The molecule has 234 valence electrons. The summed E-state index contributed by atoms with van der Waals surface area (Å²) in [5.41, 5.74) is 3.93.